The fourth-order valence-electron chi connectivity index (χ4n) is 2.13. The van der Waals surface area contributed by atoms with E-state index in [1.165, 1.54) is 36.4 Å². The number of carboxylic acids is 1. The SMILES string of the molecule is CCOc1ccc(-c2ccccc2C(F)(F)F)cc1C(=O)O. The van der Waals surface area contributed by atoms with Gasteiger partial charge >= 0.3 is 12.1 Å². The van der Waals surface area contributed by atoms with E-state index in [1.807, 2.05) is 0 Å². The van der Waals surface area contributed by atoms with Crippen LogP contribution in [0.1, 0.15) is 22.8 Å². The van der Waals surface area contributed by atoms with Crippen LogP contribution in [-0.4, -0.2) is 17.7 Å². The molecule has 3 nitrogen and oxygen atoms in total. The van der Waals surface area contributed by atoms with Gasteiger partial charge in [-0.1, -0.05) is 24.3 Å². The first-order chi connectivity index (χ1) is 10.3. The molecule has 1 N–H and O–H groups in total. The zero-order chi connectivity index (χ0) is 16.3. The van der Waals surface area contributed by atoms with E-state index in [9.17, 15) is 23.1 Å². The Morgan fingerprint density at radius 2 is 1.86 bits per heavy atom. The van der Waals surface area contributed by atoms with Crippen molar-refractivity contribution in [3.05, 3.63) is 53.6 Å². The van der Waals surface area contributed by atoms with Gasteiger partial charge in [-0.2, -0.15) is 13.2 Å². The Hall–Kier alpha value is -2.50. The first-order valence-corrected chi connectivity index (χ1v) is 6.51. The summed E-state index contributed by atoms with van der Waals surface area (Å²) < 4.78 is 44.3. The van der Waals surface area contributed by atoms with Crippen molar-refractivity contribution in [1.29, 1.82) is 0 Å². The van der Waals surface area contributed by atoms with E-state index in [2.05, 4.69) is 0 Å². The molecule has 2 aromatic carbocycles. The molecule has 116 valence electrons. The van der Waals surface area contributed by atoms with Crippen LogP contribution in [0.25, 0.3) is 11.1 Å². The minimum absolute atomic E-state index is 0.0689. The van der Waals surface area contributed by atoms with Gasteiger partial charge in [-0.3, -0.25) is 0 Å². The fraction of sp³-hybridized carbons (Fsp3) is 0.188. The third-order valence-corrected chi connectivity index (χ3v) is 3.05. The van der Waals surface area contributed by atoms with Crippen molar-refractivity contribution in [2.75, 3.05) is 6.61 Å². The zero-order valence-electron chi connectivity index (χ0n) is 11.6. The van der Waals surface area contributed by atoms with Crippen LogP contribution in [0.15, 0.2) is 42.5 Å². The minimum Gasteiger partial charge on any atom is -0.493 e. The lowest BCUT2D eigenvalue weighted by atomic mass is 9.97. The van der Waals surface area contributed by atoms with E-state index in [1.54, 1.807) is 6.92 Å². The summed E-state index contributed by atoms with van der Waals surface area (Å²) in [6.07, 6.45) is -4.52. The van der Waals surface area contributed by atoms with Gasteiger partial charge in [-0.15, -0.1) is 0 Å². The van der Waals surface area contributed by atoms with Gasteiger partial charge in [0.15, 0.2) is 0 Å². The second kappa shape index (κ2) is 6.09. The standard InChI is InChI=1S/C16H13F3O3/c1-2-22-14-8-7-10(9-12(14)15(20)21)11-5-3-4-6-13(11)16(17,18)19/h3-9H,2H2,1H3,(H,20,21). The maximum absolute atomic E-state index is 13.1. The molecule has 0 saturated heterocycles. The minimum atomic E-state index is -4.52. The third kappa shape index (κ3) is 3.21. The fourth-order valence-corrected chi connectivity index (χ4v) is 2.13. The molecule has 0 heterocycles. The van der Waals surface area contributed by atoms with Crippen molar-refractivity contribution in [2.45, 2.75) is 13.1 Å². The molecular formula is C16H13F3O3. The quantitative estimate of drug-likeness (QED) is 0.906. The highest BCUT2D eigenvalue weighted by atomic mass is 19.4. The van der Waals surface area contributed by atoms with Crippen molar-refractivity contribution in [1.82, 2.24) is 0 Å². The molecule has 0 unspecified atom stereocenters. The lowest BCUT2D eigenvalue weighted by molar-refractivity contribution is -0.137. The van der Waals surface area contributed by atoms with Crippen molar-refractivity contribution in [3.8, 4) is 16.9 Å². The molecule has 2 rings (SSSR count). The van der Waals surface area contributed by atoms with E-state index in [-0.39, 0.29) is 29.0 Å². The van der Waals surface area contributed by atoms with Crippen LogP contribution in [0, 0.1) is 0 Å². The van der Waals surface area contributed by atoms with E-state index in [0.29, 0.717) is 0 Å². The molecular weight excluding hydrogens is 297 g/mol. The lowest BCUT2D eigenvalue weighted by Gasteiger charge is -2.14. The predicted molar refractivity (Wildman–Crippen MR) is 75.0 cm³/mol. The molecule has 0 atom stereocenters. The normalized spacial score (nSPS) is 11.3. The largest absolute Gasteiger partial charge is 0.493 e. The van der Waals surface area contributed by atoms with Gasteiger partial charge in [0.2, 0.25) is 0 Å². The average Bonchev–Trinajstić information content (AvgIpc) is 2.47. The molecule has 2 aromatic rings. The molecule has 0 aliphatic rings. The summed E-state index contributed by atoms with van der Waals surface area (Å²) >= 11 is 0. The molecule has 6 heteroatoms. The van der Waals surface area contributed by atoms with Crippen LogP contribution in [0.5, 0.6) is 5.75 Å². The Bertz CT molecular complexity index is 693. The van der Waals surface area contributed by atoms with E-state index in [4.69, 9.17) is 4.74 Å². The highest BCUT2D eigenvalue weighted by Gasteiger charge is 2.33. The van der Waals surface area contributed by atoms with Crippen LogP contribution in [0.2, 0.25) is 0 Å². The number of aromatic carboxylic acids is 1. The Morgan fingerprint density at radius 1 is 1.18 bits per heavy atom. The second-order valence-electron chi connectivity index (χ2n) is 4.49. The number of halogens is 3. The highest BCUT2D eigenvalue weighted by molar-refractivity contribution is 5.93. The first-order valence-electron chi connectivity index (χ1n) is 6.51. The summed E-state index contributed by atoms with van der Waals surface area (Å²) in [5.74, 6) is -1.13. The molecule has 0 aromatic heterocycles. The number of benzene rings is 2. The summed E-state index contributed by atoms with van der Waals surface area (Å²) in [5, 5.41) is 9.19. The second-order valence-corrected chi connectivity index (χ2v) is 4.49. The Balaban J connectivity index is 2.60. The smallest absolute Gasteiger partial charge is 0.417 e. The molecule has 0 radical (unpaired) electrons. The highest BCUT2D eigenvalue weighted by Crippen LogP contribution is 2.38. The third-order valence-electron chi connectivity index (χ3n) is 3.05. The summed E-state index contributed by atoms with van der Waals surface area (Å²) in [6.45, 7) is 1.96. The molecule has 0 fully saturated rings. The van der Waals surface area contributed by atoms with E-state index in [0.717, 1.165) is 6.07 Å². The Morgan fingerprint density at radius 3 is 2.45 bits per heavy atom. The van der Waals surface area contributed by atoms with Gasteiger partial charge in [0.1, 0.15) is 11.3 Å². The molecule has 0 saturated carbocycles. The number of hydrogen-bond acceptors (Lipinski definition) is 2. The summed E-state index contributed by atoms with van der Waals surface area (Å²) in [4.78, 5) is 11.3. The predicted octanol–water partition coefficient (Wildman–Crippen LogP) is 4.47. The molecule has 0 aliphatic carbocycles. The number of alkyl halides is 3. The molecule has 0 aliphatic heterocycles. The van der Waals surface area contributed by atoms with Gasteiger partial charge in [0.25, 0.3) is 0 Å². The summed E-state index contributed by atoms with van der Waals surface area (Å²) in [6, 6.07) is 9.02. The topological polar surface area (TPSA) is 46.5 Å². The summed E-state index contributed by atoms with van der Waals surface area (Å²) in [7, 11) is 0. The maximum Gasteiger partial charge on any atom is 0.417 e. The zero-order valence-corrected chi connectivity index (χ0v) is 11.6. The lowest BCUT2D eigenvalue weighted by Crippen LogP contribution is -2.08. The Labute approximate surface area is 125 Å². The monoisotopic (exact) mass is 310 g/mol. The first kappa shape index (κ1) is 15.9. The number of ether oxygens (including phenoxy) is 1. The average molecular weight is 310 g/mol. The van der Waals surface area contributed by atoms with Crippen LogP contribution in [0.3, 0.4) is 0 Å². The number of carboxylic acid groups (broad SMARTS) is 1. The van der Waals surface area contributed by atoms with Crippen molar-refractivity contribution >= 4 is 5.97 Å². The van der Waals surface area contributed by atoms with Gasteiger partial charge in [0, 0.05) is 0 Å². The van der Waals surface area contributed by atoms with Gasteiger partial charge in [-0.05, 0) is 36.2 Å². The van der Waals surface area contributed by atoms with Crippen LogP contribution < -0.4 is 4.74 Å². The van der Waals surface area contributed by atoms with Crippen LogP contribution in [-0.2, 0) is 6.18 Å². The molecule has 22 heavy (non-hydrogen) atoms. The van der Waals surface area contributed by atoms with Gasteiger partial charge < -0.3 is 9.84 Å². The van der Waals surface area contributed by atoms with Gasteiger partial charge in [0.05, 0.1) is 12.2 Å². The summed E-state index contributed by atoms with van der Waals surface area (Å²) in [5.41, 5.74) is -0.874. The molecule has 0 amide bonds. The van der Waals surface area contributed by atoms with Crippen LogP contribution >= 0.6 is 0 Å². The van der Waals surface area contributed by atoms with Gasteiger partial charge in [-0.25, -0.2) is 4.79 Å². The maximum atomic E-state index is 13.1. The van der Waals surface area contributed by atoms with Crippen molar-refractivity contribution in [3.63, 3.8) is 0 Å². The number of hydrogen-bond donors (Lipinski definition) is 1. The van der Waals surface area contributed by atoms with Crippen LogP contribution in [0.4, 0.5) is 13.2 Å². The van der Waals surface area contributed by atoms with E-state index < -0.39 is 17.7 Å². The van der Waals surface area contributed by atoms with Crippen molar-refractivity contribution < 1.29 is 27.8 Å². The van der Waals surface area contributed by atoms with Crippen molar-refractivity contribution in [2.24, 2.45) is 0 Å². The molecule has 0 spiro atoms. The van der Waals surface area contributed by atoms with E-state index >= 15 is 0 Å². The number of carbonyl (C=O) groups is 1. The Kier molecular flexibility index (Phi) is 4.40. The molecule has 0 bridgehead atoms. The number of rotatable bonds is 4.